The van der Waals surface area contributed by atoms with Crippen molar-refractivity contribution in [2.24, 2.45) is 5.92 Å². The number of hydrogen-bond acceptors (Lipinski definition) is 3. The monoisotopic (exact) mass is 260 g/mol. The van der Waals surface area contributed by atoms with Crippen molar-refractivity contribution < 1.29 is 14.7 Å². The molecule has 2 unspecified atom stereocenters. The van der Waals surface area contributed by atoms with E-state index in [1.54, 1.807) is 11.9 Å². The number of nitrogens with zero attached hydrogens (tertiary/aromatic N) is 1. The lowest BCUT2D eigenvalue weighted by molar-refractivity contribution is -0.126. The molecule has 1 saturated carbocycles. The third-order valence-electron chi connectivity index (χ3n) is 4.12. The van der Waals surface area contributed by atoms with Crippen LogP contribution in [0.5, 0.6) is 0 Å². The number of para-hydroxylation sites is 1. The highest BCUT2D eigenvalue weighted by Crippen LogP contribution is 2.61. The van der Waals surface area contributed by atoms with Gasteiger partial charge in [-0.1, -0.05) is 18.2 Å². The van der Waals surface area contributed by atoms with Crippen LogP contribution in [0.1, 0.15) is 12.0 Å². The summed E-state index contributed by atoms with van der Waals surface area (Å²) < 4.78 is 0. The van der Waals surface area contributed by atoms with Crippen LogP contribution in [0.15, 0.2) is 24.3 Å². The fourth-order valence-corrected chi connectivity index (χ4v) is 3.08. The van der Waals surface area contributed by atoms with Crippen LogP contribution in [-0.4, -0.2) is 37.1 Å². The third-order valence-corrected chi connectivity index (χ3v) is 4.12. The van der Waals surface area contributed by atoms with Crippen molar-refractivity contribution in [3.05, 3.63) is 29.8 Å². The molecule has 1 aliphatic carbocycles. The highest BCUT2D eigenvalue weighted by atomic mass is 16.3. The Labute approximate surface area is 111 Å². The Balaban J connectivity index is 1.91. The van der Waals surface area contributed by atoms with Gasteiger partial charge in [0.2, 0.25) is 11.8 Å². The highest BCUT2D eigenvalue weighted by molar-refractivity contribution is 6.13. The van der Waals surface area contributed by atoms with Crippen molar-refractivity contribution in [3.8, 4) is 0 Å². The normalized spacial score (nSPS) is 27.6. The molecule has 1 fully saturated rings. The fraction of sp³-hybridized carbons (Fsp3) is 0.429. The van der Waals surface area contributed by atoms with E-state index in [4.69, 9.17) is 5.11 Å². The SMILES string of the molecule is CN1C(=O)C2(CC2C(=O)NCCO)c2ccccc21. The molecule has 2 aliphatic rings. The van der Waals surface area contributed by atoms with Crippen LogP contribution in [0.25, 0.3) is 0 Å². The second-order valence-corrected chi connectivity index (χ2v) is 5.12. The van der Waals surface area contributed by atoms with Crippen molar-refractivity contribution in [3.63, 3.8) is 0 Å². The molecule has 1 spiro atoms. The number of amides is 2. The zero-order valence-corrected chi connectivity index (χ0v) is 10.7. The van der Waals surface area contributed by atoms with Gasteiger partial charge in [0.15, 0.2) is 0 Å². The highest BCUT2D eigenvalue weighted by Gasteiger charge is 2.68. The molecule has 0 saturated heterocycles. The summed E-state index contributed by atoms with van der Waals surface area (Å²) in [5.41, 5.74) is 1.18. The maximum Gasteiger partial charge on any atom is 0.238 e. The molecule has 5 heteroatoms. The molecule has 0 bridgehead atoms. The maximum atomic E-state index is 12.4. The van der Waals surface area contributed by atoms with Crippen LogP contribution >= 0.6 is 0 Å². The average molecular weight is 260 g/mol. The Bertz CT molecular complexity index is 557. The van der Waals surface area contributed by atoms with E-state index < -0.39 is 5.41 Å². The Hall–Kier alpha value is -1.88. The van der Waals surface area contributed by atoms with Gasteiger partial charge in [-0.15, -0.1) is 0 Å². The topological polar surface area (TPSA) is 69.6 Å². The van der Waals surface area contributed by atoms with Crippen molar-refractivity contribution in [1.82, 2.24) is 5.32 Å². The smallest absolute Gasteiger partial charge is 0.238 e. The molecule has 100 valence electrons. The molecule has 1 aromatic carbocycles. The van der Waals surface area contributed by atoms with Crippen LogP contribution in [0.3, 0.4) is 0 Å². The van der Waals surface area contributed by atoms with Crippen LogP contribution in [-0.2, 0) is 15.0 Å². The zero-order chi connectivity index (χ0) is 13.6. The number of aliphatic hydroxyl groups excluding tert-OH is 1. The van der Waals surface area contributed by atoms with Gasteiger partial charge in [-0.2, -0.15) is 0 Å². The van der Waals surface area contributed by atoms with E-state index in [2.05, 4.69) is 5.32 Å². The lowest BCUT2D eigenvalue weighted by Gasteiger charge is -2.11. The summed E-state index contributed by atoms with van der Waals surface area (Å²) in [5.74, 6) is -0.456. The number of carbonyl (C=O) groups excluding carboxylic acids is 2. The van der Waals surface area contributed by atoms with Crippen LogP contribution in [0, 0.1) is 5.92 Å². The number of benzene rings is 1. The molecule has 0 radical (unpaired) electrons. The molecular formula is C14H16N2O3. The van der Waals surface area contributed by atoms with Gasteiger partial charge in [0.25, 0.3) is 0 Å². The summed E-state index contributed by atoms with van der Waals surface area (Å²) in [6, 6.07) is 7.62. The van der Waals surface area contributed by atoms with Gasteiger partial charge in [-0.3, -0.25) is 9.59 Å². The maximum absolute atomic E-state index is 12.4. The first-order valence-electron chi connectivity index (χ1n) is 6.39. The fourth-order valence-electron chi connectivity index (χ4n) is 3.08. The molecule has 5 nitrogen and oxygen atoms in total. The zero-order valence-electron chi connectivity index (χ0n) is 10.7. The molecule has 19 heavy (non-hydrogen) atoms. The molecule has 2 atom stereocenters. The number of anilines is 1. The van der Waals surface area contributed by atoms with Gasteiger partial charge < -0.3 is 15.3 Å². The quantitative estimate of drug-likeness (QED) is 0.805. The van der Waals surface area contributed by atoms with Crippen LogP contribution < -0.4 is 10.2 Å². The van der Waals surface area contributed by atoms with Crippen LogP contribution in [0.2, 0.25) is 0 Å². The van der Waals surface area contributed by atoms with Gasteiger partial charge in [-0.25, -0.2) is 0 Å². The number of carbonyl (C=O) groups is 2. The lowest BCUT2D eigenvalue weighted by Crippen LogP contribution is -2.35. The first kappa shape index (κ1) is 12.2. The van der Waals surface area contributed by atoms with Crippen molar-refractivity contribution in [1.29, 1.82) is 0 Å². The number of aliphatic hydroxyl groups is 1. The van der Waals surface area contributed by atoms with Crippen molar-refractivity contribution in [2.75, 3.05) is 25.1 Å². The predicted octanol–water partition coefficient (Wildman–Crippen LogP) is 0.0292. The van der Waals surface area contributed by atoms with Crippen LogP contribution in [0.4, 0.5) is 5.69 Å². The van der Waals surface area contributed by atoms with E-state index >= 15 is 0 Å². The van der Waals surface area contributed by atoms with Crippen molar-refractivity contribution >= 4 is 17.5 Å². The summed E-state index contributed by atoms with van der Waals surface area (Å²) in [6.07, 6.45) is 0.560. The summed E-state index contributed by atoms with van der Waals surface area (Å²) in [4.78, 5) is 26.1. The molecule has 1 aromatic rings. The van der Waals surface area contributed by atoms with E-state index in [9.17, 15) is 9.59 Å². The van der Waals surface area contributed by atoms with E-state index in [1.165, 1.54) is 0 Å². The Kier molecular flexibility index (Phi) is 2.60. The number of fused-ring (bicyclic) bond motifs is 2. The summed E-state index contributed by atoms with van der Waals surface area (Å²) in [6.45, 7) is 0.146. The minimum Gasteiger partial charge on any atom is -0.395 e. The van der Waals surface area contributed by atoms with Crippen molar-refractivity contribution in [2.45, 2.75) is 11.8 Å². The Morgan fingerprint density at radius 2 is 2.26 bits per heavy atom. The first-order chi connectivity index (χ1) is 9.13. The van der Waals surface area contributed by atoms with E-state index in [0.717, 1.165) is 11.3 Å². The second-order valence-electron chi connectivity index (χ2n) is 5.12. The first-order valence-corrected chi connectivity index (χ1v) is 6.39. The molecule has 2 amide bonds. The van der Waals surface area contributed by atoms with E-state index in [0.29, 0.717) is 6.42 Å². The summed E-state index contributed by atoms with van der Waals surface area (Å²) in [5, 5.41) is 11.4. The number of hydrogen-bond donors (Lipinski definition) is 2. The van der Waals surface area contributed by atoms with Gasteiger partial charge in [0.1, 0.15) is 0 Å². The molecular weight excluding hydrogens is 244 g/mol. The molecule has 2 N–H and O–H groups in total. The van der Waals surface area contributed by atoms with Gasteiger partial charge >= 0.3 is 0 Å². The third kappa shape index (κ3) is 1.51. The van der Waals surface area contributed by atoms with Gasteiger partial charge in [0.05, 0.1) is 17.9 Å². The summed E-state index contributed by atoms with van der Waals surface area (Å²) >= 11 is 0. The minimum atomic E-state index is -0.662. The number of nitrogens with one attached hydrogen (secondary N) is 1. The molecule has 1 heterocycles. The number of likely N-dealkylation sites (N-methyl/N-ethyl adjacent to an activating group) is 1. The largest absolute Gasteiger partial charge is 0.395 e. The average Bonchev–Trinajstić information content (AvgIpc) is 3.15. The second kappa shape index (κ2) is 4.06. The molecule has 0 aromatic heterocycles. The van der Waals surface area contributed by atoms with Gasteiger partial charge in [0, 0.05) is 19.3 Å². The van der Waals surface area contributed by atoms with Gasteiger partial charge in [-0.05, 0) is 18.1 Å². The Morgan fingerprint density at radius 1 is 1.53 bits per heavy atom. The minimum absolute atomic E-state index is 0.00199. The standard InChI is InChI=1S/C14H16N2O3/c1-16-11-5-3-2-4-9(11)14(13(16)19)8-10(14)12(18)15-6-7-17/h2-5,10,17H,6-8H2,1H3,(H,15,18). The summed E-state index contributed by atoms with van der Waals surface area (Å²) in [7, 11) is 1.75. The van der Waals surface area contributed by atoms with E-state index in [1.807, 2.05) is 24.3 Å². The molecule has 3 rings (SSSR count). The Morgan fingerprint density at radius 3 is 3.00 bits per heavy atom. The lowest BCUT2D eigenvalue weighted by atomic mass is 9.94. The predicted molar refractivity (Wildman–Crippen MR) is 69.7 cm³/mol. The van der Waals surface area contributed by atoms with E-state index in [-0.39, 0.29) is 30.9 Å². The molecule has 1 aliphatic heterocycles. The number of rotatable bonds is 3.